The van der Waals surface area contributed by atoms with Gasteiger partial charge in [-0.25, -0.2) is 0 Å². The van der Waals surface area contributed by atoms with E-state index in [-0.39, 0.29) is 5.91 Å². The molecule has 2 N–H and O–H groups in total. The van der Waals surface area contributed by atoms with Crippen LogP contribution in [0.1, 0.15) is 18.4 Å². The fourth-order valence-corrected chi connectivity index (χ4v) is 3.04. The molecule has 5 heteroatoms. The summed E-state index contributed by atoms with van der Waals surface area (Å²) in [7, 11) is 0. The zero-order chi connectivity index (χ0) is 12.8. The highest BCUT2D eigenvalue weighted by Crippen LogP contribution is 2.49. The predicted octanol–water partition coefficient (Wildman–Crippen LogP) is 2.14. The number of anilines is 1. The summed E-state index contributed by atoms with van der Waals surface area (Å²) in [4.78, 5) is 23.5. The van der Waals surface area contributed by atoms with E-state index in [4.69, 9.17) is 0 Å². The van der Waals surface area contributed by atoms with E-state index in [9.17, 15) is 14.7 Å². The Labute approximate surface area is 109 Å². The summed E-state index contributed by atoms with van der Waals surface area (Å²) in [5.74, 6) is -0.256. The van der Waals surface area contributed by atoms with E-state index in [2.05, 4.69) is 5.32 Å². The number of carboxylic acid groups (broad SMARTS) is 1. The molecular weight excluding hydrogens is 250 g/mol. The van der Waals surface area contributed by atoms with Gasteiger partial charge in [0.2, 0.25) is 5.91 Å². The molecule has 1 aliphatic heterocycles. The number of fused-ring (bicyclic) bond motifs is 1. The number of carboxylic acids is 1. The molecule has 1 heterocycles. The van der Waals surface area contributed by atoms with E-state index in [0.717, 1.165) is 29.0 Å². The summed E-state index contributed by atoms with van der Waals surface area (Å²) in [5, 5.41) is 12.0. The Hall–Kier alpha value is -1.49. The molecule has 0 radical (unpaired) electrons. The smallest absolute Gasteiger partial charge is 0.309 e. The lowest BCUT2D eigenvalue weighted by atomic mass is 9.96. The highest BCUT2D eigenvalue weighted by atomic mass is 32.2. The first-order chi connectivity index (χ1) is 8.59. The van der Waals surface area contributed by atoms with Crippen molar-refractivity contribution < 1.29 is 14.7 Å². The molecule has 0 atom stereocenters. The molecule has 18 heavy (non-hydrogen) atoms. The summed E-state index contributed by atoms with van der Waals surface area (Å²) < 4.78 is 0. The molecule has 1 aliphatic carbocycles. The summed E-state index contributed by atoms with van der Waals surface area (Å²) in [5.41, 5.74) is 1.24. The van der Waals surface area contributed by atoms with Gasteiger partial charge in [0.15, 0.2) is 0 Å². The highest BCUT2D eigenvalue weighted by Gasteiger charge is 2.49. The molecule has 0 saturated heterocycles. The van der Waals surface area contributed by atoms with Crippen LogP contribution >= 0.6 is 11.8 Å². The van der Waals surface area contributed by atoms with Gasteiger partial charge in [-0.05, 0) is 37.0 Å². The fraction of sp³-hybridized carbons (Fsp3) is 0.385. The van der Waals surface area contributed by atoms with Crippen LogP contribution in [0.4, 0.5) is 5.69 Å². The maximum absolute atomic E-state index is 11.3. The Morgan fingerprint density at radius 3 is 2.89 bits per heavy atom. The largest absolute Gasteiger partial charge is 0.481 e. The third-order valence-electron chi connectivity index (χ3n) is 3.53. The van der Waals surface area contributed by atoms with Crippen molar-refractivity contribution in [1.29, 1.82) is 0 Å². The van der Waals surface area contributed by atoms with Crippen molar-refractivity contribution in [2.24, 2.45) is 5.41 Å². The number of rotatable bonds is 3. The fourth-order valence-electron chi connectivity index (χ4n) is 2.25. The molecular formula is C13H13NO3S. The number of carbonyl (C=O) groups is 2. The molecule has 4 nitrogen and oxygen atoms in total. The maximum Gasteiger partial charge on any atom is 0.309 e. The van der Waals surface area contributed by atoms with Crippen molar-refractivity contribution in [3.63, 3.8) is 0 Å². The summed E-state index contributed by atoms with van der Waals surface area (Å²) in [6.07, 6.45) is 2.05. The quantitative estimate of drug-likeness (QED) is 0.876. The molecule has 0 bridgehead atoms. The van der Waals surface area contributed by atoms with E-state index in [1.54, 1.807) is 0 Å². The lowest BCUT2D eigenvalue weighted by Crippen LogP contribution is -2.20. The second kappa shape index (κ2) is 4.02. The summed E-state index contributed by atoms with van der Waals surface area (Å²) in [6, 6.07) is 5.83. The van der Waals surface area contributed by atoms with Crippen LogP contribution in [-0.2, 0) is 16.0 Å². The van der Waals surface area contributed by atoms with Crippen molar-refractivity contribution in [1.82, 2.24) is 0 Å². The van der Waals surface area contributed by atoms with Crippen LogP contribution in [0.2, 0.25) is 0 Å². The van der Waals surface area contributed by atoms with Gasteiger partial charge in [-0.3, -0.25) is 9.59 Å². The van der Waals surface area contributed by atoms with Gasteiger partial charge in [0, 0.05) is 4.90 Å². The second-order valence-electron chi connectivity index (χ2n) is 4.93. The lowest BCUT2D eigenvalue weighted by Gasteiger charge is -2.18. The normalized spacial score (nSPS) is 19.9. The number of hydrogen-bond acceptors (Lipinski definition) is 3. The number of nitrogens with one attached hydrogen (secondary N) is 1. The van der Waals surface area contributed by atoms with E-state index >= 15 is 0 Å². The lowest BCUT2D eigenvalue weighted by molar-refractivity contribution is -0.143. The van der Waals surface area contributed by atoms with Crippen LogP contribution in [0.5, 0.6) is 0 Å². The minimum Gasteiger partial charge on any atom is -0.481 e. The van der Waals surface area contributed by atoms with Gasteiger partial charge in [0.25, 0.3) is 0 Å². The monoisotopic (exact) mass is 263 g/mol. The van der Waals surface area contributed by atoms with Gasteiger partial charge in [0.05, 0.1) is 16.9 Å². The zero-order valence-corrected chi connectivity index (χ0v) is 10.5. The molecule has 0 aromatic heterocycles. The minimum absolute atomic E-state index is 0.00372. The number of thioether (sulfide) groups is 1. The predicted molar refractivity (Wildman–Crippen MR) is 68.8 cm³/mol. The average Bonchev–Trinajstić information content (AvgIpc) is 3.09. The van der Waals surface area contributed by atoms with Crippen LogP contribution in [0.15, 0.2) is 23.1 Å². The zero-order valence-electron chi connectivity index (χ0n) is 9.73. The van der Waals surface area contributed by atoms with Gasteiger partial charge in [-0.2, -0.15) is 0 Å². The van der Waals surface area contributed by atoms with Crippen molar-refractivity contribution in [3.05, 3.63) is 23.8 Å². The van der Waals surface area contributed by atoms with Crippen LogP contribution < -0.4 is 5.32 Å². The van der Waals surface area contributed by atoms with Crippen molar-refractivity contribution in [2.75, 3.05) is 11.1 Å². The van der Waals surface area contributed by atoms with E-state index in [0.29, 0.717) is 12.2 Å². The SMILES string of the molecule is O=C1CSc2ccc(CC3(C(=O)O)CC3)cc2N1. The number of hydrogen-bond donors (Lipinski definition) is 2. The molecule has 1 amide bonds. The Balaban J connectivity index is 1.84. The molecule has 0 spiro atoms. The van der Waals surface area contributed by atoms with Crippen LogP contribution in [0.3, 0.4) is 0 Å². The molecule has 1 fully saturated rings. The molecule has 2 aliphatic rings. The van der Waals surface area contributed by atoms with Gasteiger partial charge >= 0.3 is 5.97 Å². The van der Waals surface area contributed by atoms with Crippen LogP contribution in [-0.4, -0.2) is 22.7 Å². The summed E-state index contributed by atoms with van der Waals surface area (Å²) in [6.45, 7) is 0. The van der Waals surface area contributed by atoms with Crippen molar-refractivity contribution >= 4 is 29.3 Å². The molecule has 1 aromatic rings. The number of aliphatic carboxylic acids is 1. The number of benzene rings is 1. The van der Waals surface area contributed by atoms with Gasteiger partial charge < -0.3 is 10.4 Å². The summed E-state index contributed by atoms with van der Waals surface area (Å²) >= 11 is 1.52. The molecule has 1 saturated carbocycles. The Morgan fingerprint density at radius 1 is 1.44 bits per heavy atom. The second-order valence-corrected chi connectivity index (χ2v) is 5.95. The maximum atomic E-state index is 11.3. The minimum atomic E-state index is -0.710. The first-order valence-electron chi connectivity index (χ1n) is 5.88. The number of amides is 1. The third kappa shape index (κ3) is 1.99. The van der Waals surface area contributed by atoms with Crippen molar-refractivity contribution in [2.45, 2.75) is 24.2 Å². The number of carbonyl (C=O) groups excluding carboxylic acids is 1. The Morgan fingerprint density at radius 2 is 2.22 bits per heavy atom. The van der Waals surface area contributed by atoms with E-state index in [1.165, 1.54) is 11.8 Å². The van der Waals surface area contributed by atoms with Crippen molar-refractivity contribution in [3.8, 4) is 0 Å². The molecule has 94 valence electrons. The topological polar surface area (TPSA) is 66.4 Å². The Kier molecular flexibility index (Phi) is 2.59. The Bertz CT molecular complexity index is 537. The first kappa shape index (κ1) is 11.6. The first-order valence-corrected chi connectivity index (χ1v) is 6.87. The van der Waals surface area contributed by atoms with Crippen LogP contribution in [0.25, 0.3) is 0 Å². The molecule has 0 unspecified atom stereocenters. The van der Waals surface area contributed by atoms with Gasteiger partial charge in [-0.15, -0.1) is 11.8 Å². The molecule has 1 aromatic carbocycles. The van der Waals surface area contributed by atoms with Gasteiger partial charge in [0.1, 0.15) is 0 Å². The average molecular weight is 263 g/mol. The van der Waals surface area contributed by atoms with E-state index < -0.39 is 11.4 Å². The highest BCUT2D eigenvalue weighted by molar-refractivity contribution is 8.00. The van der Waals surface area contributed by atoms with Gasteiger partial charge in [-0.1, -0.05) is 6.07 Å². The standard InChI is InChI=1S/C13H13NO3S/c15-11-7-18-10-2-1-8(5-9(10)14-11)6-13(3-4-13)12(16)17/h1-2,5H,3-4,6-7H2,(H,14,15)(H,16,17). The molecule has 3 rings (SSSR count). The third-order valence-corrected chi connectivity index (χ3v) is 4.60. The van der Waals surface area contributed by atoms with Crippen LogP contribution in [0, 0.1) is 5.41 Å². The van der Waals surface area contributed by atoms with E-state index in [1.807, 2.05) is 18.2 Å².